The van der Waals surface area contributed by atoms with Crippen LogP contribution in [0.15, 0.2) is 36.7 Å². The molecule has 0 unspecified atom stereocenters. The fourth-order valence-corrected chi connectivity index (χ4v) is 2.68. The predicted octanol–water partition coefficient (Wildman–Crippen LogP) is 1.41. The van der Waals surface area contributed by atoms with Crippen molar-refractivity contribution in [1.29, 1.82) is 5.26 Å². The number of H-pyrrole nitrogens is 1. The standard InChI is InChI=1S/C16H17N5O/c1-20-8-9-21(11-14(20)15-18-6-7-19-15)16(22)13-4-2-12(10-17)3-5-13/h2-7,14H,8-9,11H2,1H3,(H,18,19)/t14-/m0/s1. The molecule has 6 heteroatoms. The highest BCUT2D eigenvalue weighted by Gasteiger charge is 2.30. The number of amides is 1. The van der Waals surface area contributed by atoms with Crippen LogP contribution in [0.3, 0.4) is 0 Å². The molecule has 22 heavy (non-hydrogen) atoms. The zero-order valence-corrected chi connectivity index (χ0v) is 12.4. The minimum Gasteiger partial charge on any atom is -0.347 e. The number of carbonyl (C=O) groups is 1. The van der Waals surface area contributed by atoms with Crippen LogP contribution >= 0.6 is 0 Å². The average molecular weight is 295 g/mol. The third-order valence-electron chi connectivity index (χ3n) is 4.03. The molecule has 0 bridgehead atoms. The van der Waals surface area contributed by atoms with Crippen molar-refractivity contribution in [2.24, 2.45) is 0 Å². The molecule has 1 amide bonds. The number of rotatable bonds is 2. The third-order valence-corrected chi connectivity index (χ3v) is 4.03. The molecule has 1 aliphatic heterocycles. The summed E-state index contributed by atoms with van der Waals surface area (Å²) in [6.07, 6.45) is 3.52. The minimum absolute atomic E-state index is 0.00542. The second-order valence-electron chi connectivity index (χ2n) is 5.41. The van der Waals surface area contributed by atoms with Gasteiger partial charge in [-0.25, -0.2) is 4.98 Å². The molecule has 112 valence electrons. The number of benzene rings is 1. The Bertz CT molecular complexity index is 686. The molecule has 1 aromatic heterocycles. The largest absolute Gasteiger partial charge is 0.347 e. The monoisotopic (exact) mass is 295 g/mol. The molecule has 2 heterocycles. The first kappa shape index (κ1) is 14.3. The molecule has 1 saturated heterocycles. The molecule has 2 aromatic rings. The summed E-state index contributed by atoms with van der Waals surface area (Å²) >= 11 is 0. The van der Waals surface area contributed by atoms with Crippen LogP contribution in [0.4, 0.5) is 0 Å². The number of piperazine rings is 1. The number of nitrogens with one attached hydrogen (secondary N) is 1. The highest BCUT2D eigenvalue weighted by Crippen LogP contribution is 2.22. The van der Waals surface area contributed by atoms with Crippen molar-refractivity contribution in [2.75, 3.05) is 26.7 Å². The molecule has 1 aromatic carbocycles. The fraction of sp³-hybridized carbons (Fsp3) is 0.312. The van der Waals surface area contributed by atoms with E-state index in [9.17, 15) is 4.79 Å². The lowest BCUT2D eigenvalue weighted by Gasteiger charge is -2.38. The highest BCUT2D eigenvalue weighted by molar-refractivity contribution is 5.94. The Balaban J connectivity index is 1.76. The summed E-state index contributed by atoms with van der Waals surface area (Å²) in [6.45, 7) is 2.09. The van der Waals surface area contributed by atoms with Gasteiger partial charge in [0.05, 0.1) is 17.7 Å². The van der Waals surface area contributed by atoms with Gasteiger partial charge in [-0.3, -0.25) is 9.69 Å². The van der Waals surface area contributed by atoms with E-state index in [0.717, 1.165) is 12.4 Å². The molecule has 1 N–H and O–H groups in total. The molecule has 0 saturated carbocycles. The molecule has 1 aliphatic rings. The van der Waals surface area contributed by atoms with E-state index in [1.165, 1.54) is 0 Å². The molecular weight excluding hydrogens is 278 g/mol. The Labute approximate surface area is 129 Å². The summed E-state index contributed by atoms with van der Waals surface area (Å²) in [6, 6.07) is 8.90. The molecule has 6 nitrogen and oxygen atoms in total. The molecule has 1 fully saturated rings. The fourth-order valence-electron chi connectivity index (χ4n) is 2.68. The van der Waals surface area contributed by atoms with E-state index >= 15 is 0 Å². The smallest absolute Gasteiger partial charge is 0.253 e. The number of aromatic amines is 1. The van der Waals surface area contributed by atoms with E-state index in [0.29, 0.717) is 24.2 Å². The summed E-state index contributed by atoms with van der Waals surface area (Å²) < 4.78 is 0. The van der Waals surface area contributed by atoms with Gasteiger partial charge in [0.2, 0.25) is 0 Å². The minimum atomic E-state index is -0.00542. The number of aromatic nitrogens is 2. The number of hydrogen-bond acceptors (Lipinski definition) is 4. The van der Waals surface area contributed by atoms with Gasteiger partial charge < -0.3 is 9.88 Å². The van der Waals surface area contributed by atoms with E-state index in [-0.39, 0.29) is 11.9 Å². The highest BCUT2D eigenvalue weighted by atomic mass is 16.2. The summed E-state index contributed by atoms with van der Waals surface area (Å²) in [7, 11) is 2.04. The zero-order valence-electron chi connectivity index (χ0n) is 12.4. The van der Waals surface area contributed by atoms with Crippen LogP contribution in [0.1, 0.15) is 27.8 Å². The Morgan fingerprint density at radius 2 is 2.14 bits per heavy atom. The van der Waals surface area contributed by atoms with Crippen LogP contribution in [-0.4, -0.2) is 52.4 Å². The van der Waals surface area contributed by atoms with Gasteiger partial charge in [-0.15, -0.1) is 0 Å². The first-order valence-electron chi connectivity index (χ1n) is 7.18. The molecule has 0 aliphatic carbocycles. The number of carbonyl (C=O) groups excluding carboxylic acids is 1. The lowest BCUT2D eigenvalue weighted by Crippen LogP contribution is -2.49. The first-order chi connectivity index (χ1) is 10.7. The second kappa shape index (κ2) is 6.00. The van der Waals surface area contributed by atoms with Crippen LogP contribution in [0.2, 0.25) is 0 Å². The molecule has 1 atom stereocenters. The third kappa shape index (κ3) is 2.71. The number of nitriles is 1. The summed E-state index contributed by atoms with van der Waals surface area (Å²) in [5.74, 6) is 0.869. The van der Waals surface area contributed by atoms with E-state index < -0.39 is 0 Å². The normalized spacial score (nSPS) is 18.9. The summed E-state index contributed by atoms with van der Waals surface area (Å²) in [4.78, 5) is 24.1. The summed E-state index contributed by atoms with van der Waals surface area (Å²) in [5.41, 5.74) is 1.17. The van der Waals surface area contributed by atoms with Gasteiger partial charge >= 0.3 is 0 Å². The number of likely N-dealkylation sites (N-methyl/N-ethyl adjacent to an activating group) is 1. The lowest BCUT2D eigenvalue weighted by atomic mass is 10.1. The lowest BCUT2D eigenvalue weighted by molar-refractivity contribution is 0.0534. The topological polar surface area (TPSA) is 76.0 Å². The van der Waals surface area contributed by atoms with Gasteiger partial charge in [0.1, 0.15) is 5.82 Å². The van der Waals surface area contributed by atoms with Crippen molar-refractivity contribution < 1.29 is 4.79 Å². The quantitative estimate of drug-likeness (QED) is 0.909. The second-order valence-corrected chi connectivity index (χ2v) is 5.41. The number of imidazole rings is 1. The van der Waals surface area contributed by atoms with Gasteiger partial charge in [-0.2, -0.15) is 5.26 Å². The Hall–Kier alpha value is -2.65. The number of hydrogen-bond donors (Lipinski definition) is 1. The van der Waals surface area contributed by atoms with Crippen molar-refractivity contribution in [3.63, 3.8) is 0 Å². The van der Waals surface area contributed by atoms with Crippen LogP contribution in [0.25, 0.3) is 0 Å². The van der Waals surface area contributed by atoms with Crippen LogP contribution < -0.4 is 0 Å². The predicted molar refractivity (Wildman–Crippen MR) is 81.0 cm³/mol. The number of nitrogens with zero attached hydrogens (tertiary/aromatic N) is 4. The Morgan fingerprint density at radius 1 is 1.36 bits per heavy atom. The first-order valence-corrected chi connectivity index (χ1v) is 7.18. The maximum Gasteiger partial charge on any atom is 0.253 e. The molecular formula is C16H17N5O. The van der Waals surface area contributed by atoms with E-state index in [2.05, 4.69) is 20.9 Å². The molecule has 0 radical (unpaired) electrons. The van der Waals surface area contributed by atoms with Crippen molar-refractivity contribution >= 4 is 5.91 Å². The molecule has 0 spiro atoms. The summed E-state index contributed by atoms with van der Waals surface area (Å²) in [5, 5.41) is 8.82. The zero-order chi connectivity index (χ0) is 15.5. The Morgan fingerprint density at radius 3 is 2.77 bits per heavy atom. The van der Waals surface area contributed by atoms with E-state index in [4.69, 9.17) is 5.26 Å². The van der Waals surface area contributed by atoms with E-state index in [1.54, 1.807) is 36.7 Å². The van der Waals surface area contributed by atoms with Gasteiger partial charge in [0.25, 0.3) is 5.91 Å². The maximum absolute atomic E-state index is 12.6. The van der Waals surface area contributed by atoms with Crippen molar-refractivity contribution in [3.05, 3.63) is 53.6 Å². The SMILES string of the molecule is CN1CCN(C(=O)c2ccc(C#N)cc2)C[C@H]1c1ncc[nH]1. The van der Waals surface area contributed by atoms with Gasteiger partial charge in [0, 0.05) is 37.6 Å². The Kier molecular flexibility index (Phi) is 3.90. The van der Waals surface area contributed by atoms with Gasteiger partial charge in [0.15, 0.2) is 0 Å². The van der Waals surface area contributed by atoms with Crippen molar-refractivity contribution in [1.82, 2.24) is 19.8 Å². The molecule has 3 rings (SSSR count). The van der Waals surface area contributed by atoms with Gasteiger partial charge in [-0.05, 0) is 31.3 Å². The maximum atomic E-state index is 12.6. The van der Waals surface area contributed by atoms with Gasteiger partial charge in [-0.1, -0.05) is 0 Å². The average Bonchev–Trinajstić information content (AvgIpc) is 3.09. The van der Waals surface area contributed by atoms with Crippen LogP contribution in [0, 0.1) is 11.3 Å². The van der Waals surface area contributed by atoms with Crippen LogP contribution in [-0.2, 0) is 0 Å². The van der Waals surface area contributed by atoms with Crippen molar-refractivity contribution in [2.45, 2.75) is 6.04 Å². The van der Waals surface area contributed by atoms with E-state index in [1.807, 2.05) is 11.9 Å². The van der Waals surface area contributed by atoms with Crippen LogP contribution in [0.5, 0.6) is 0 Å². The van der Waals surface area contributed by atoms with Crippen molar-refractivity contribution in [3.8, 4) is 6.07 Å².